The molecule has 1 aromatic heterocycles. The number of aromatic nitrogens is 3. The second kappa shape index (κ2) is 10.2. The van der Waals surface area contributed by atoms with Crippen molar-refractivity contribution in [3.05, 3.63) is 47.5 Å². The molecule has 2 saturated heterocycles. The Morgan fingerprint density at radius 2 is 1.73 bits per heavy atom. The van der Waals surface area contributed by atoms with E-state index in [0.29, 0.717) is 42.9 Å². The van der Waals surface area contributed by atoms with Crippen LogP contribution in [0.4, 0.5) is 0 Å². The van der Waals surface area contributed by atoms with Gasteiger partial charge in [0.25, 0.3) is 0 Å². The predicted molar refractivity (Wildman–Crippen MR) is 131 cm³/mol. The van der Waals surface area contributed by atoms with Gasteiger partial charge in [0.1, 0.15) is 11.6 Å². The van der Waals surface area contributed by atoms with Crippen LogP contribution in [0.15, 0.2) is 30.3 Å². The lowest BCUT2D eigenvalue weighted by molar-refractivity contribution is -0.0123. The SMILES string of the molecule is Cc1nnc(C(C)C)n1C1CC2CCC(C1)N2CC[C@H](NCOC1CCC1)c1ccccc1. The van der Waals surface area contributed by atoms with Crippen molar-refractivity contribution in [2.75, 3.05) is 13.3 Å². The summed E-state index contributed by atoms with van der Waals surface area (Å²) in [6.45, 7) is 8.39. The van der Waals surface area contributed by atoms with Gasteiger partial charge >= 0.3 is 0 Å². The highest BCUT2D eigenvalue weighted by molar-refractivity contribution is 5.19. The molecule has 2 aliphatic heterocycles. The standard InChI is InChI=1S/C27H41N5O/c1-19(2)27-30-29-20(3)32(27)24-16-22-12-13-23(17-24)31(22)15-14-26(21-8-5-4-6-9-21)28-18-33-25-10-7-11-25/h4-6,8-9,19,22-26,28H,7,10-18H2,1-3H3/t22?,23?,24?,26-/m0/s1. The van der Waals surface area contributed by atoms with Crippen molar-refractivity contribution >= 4 is 0 Å². The molecule has 33 heavy (non-hydrogen) atoms. The lowest BCUT2D eigenvalue weighted by Gasteiger charge is -2.40. The topological polar surface area (TPSA) is 55.2 Å². The van der Waals surface area contributed by atoms with Crippen LogP contribution in [0.3, 0.4) is 0 Å². The summed E-state index contributed by atoms with van der Waals surface area (Å²) in [5, 5.41) is 12.6. The summed E-state index contributed by atoms with van der Waals surface area (Å²) < 4.78 is 8.49. The van der Waals surface area contributed by atoms with Gasteiger partial charge in [0.05, 0.1) is 12.8 Å². The van der Waals surface area contributed by atoms with Crippen LogP contribution in [0.5, 0.6) is 0 Å². The van der Waals surface area contributed by atoms with Crippen LogP contribution in [0.25, 0.3) is 0 Å². The third-order valence-electron chi connectivity index (χ3n) is 8.21. The van der Waals surface area contributed by atoms with E-state index in [1.165, 1.54) is 50.5 Å². The van der Waals surface area contributed by atoms with Crippen molar-refractivity contribution < 1.29 is 4.74 Å². The summed E-state index contributed by atoms with van der Waals surface area (Å²) in [4.78, 5) is 2.82. The smallest absolute Gasteiger partial charge is 0.135 e. The van der Waals surface area contributed by atoms with E-state index in [1.807, 2.05) is 0 Å². The van der Waals surface area contributed by atoms with Crippen LogP contribution in [0.2, 0.25) is 0 Å². The van der Waals surface area contributed by atoms with Gasteiger partial charge in [-0.05, 0) is 63.9 Å². The van der Waals surface area contributed by atoms with E-state index in [2.05, 4.69) is 76.1 Å². The number of ether oxygens (including phenoxy) is 1. The maximum absolute atomic E-state index is 6.03. The van der Waals surface area contributed by atoms with Crippen LogP contribution in [-0.2, 0) is 4.74 Å². The first-order valence-electron chi connectivity index (χ1n) is 13.2. The number of rotatable bonds is 10. The first-order valence-corrected chi connectivity index (χ1v) is 13.2. The van der Waals surface area contributed by atoms with E-state index in [0.717, 1.165) is 24.6 Å². The lowest BCUT2D eigenvalue weighted by Crippen LogP contribution is -2.45. The summed E-state index contributed by atoms with van der Waals surface area (Å²) in [5.41, 5.74) is 1.37. The molecule has 1 aliphatic carbocycles. The van der Waals surface area contributed by atoms with E-state index in [-0.39, 0.29) is 0 Å². The average molecular weight is 452 g/mol. The van der Waals surface area contributed by atoms with E-state index >= 15 is 0 Å². The zero-order valence-electron chi connectivity index (χ0n) is 20.6. The van der Waals surface area contributed by atoms with Gasteiger partial charge < -0.3 is 9.30 Å². The number of hydrogen-bond acceptors (Lipinski definition) is 5. The molecule has 1 N–H and O–H groups in total. The fourth-order valence-electron chi connectivity index (χ4n) is 6.21. The average Bonchev–Trinajstić information content (AvgIpc) is 3.28. The number of benzene rings is 1. The fourth-order valence-corrected chi connectivity index (χ4v) is 6.21. The molecule has 1 saturated carbocycles. The van der Waals surface area contributed by atoms with E-state index < -0.39 is 0 Å². The van der Waals surface area contributed by atoms with Crippen LogP contribution in [0, 0.1) is 6.92 Å². The maximum Gasteiger partial charge on any atom is 0.135 e. The van der Waals surface area contributed by atoms with Gasteiger partial charge in [0.15, 0.2) is 0 Å². The Morgan fingerprint density at radius 3 is 2.36 bits per heavy atom. The molecule has 3 heterocycles. The predicted octanol–water partition coefficient (Wildman–Crippen LogP) is 5.13. The highest BCUT2D eigenvalue weighted by atomic mass is 16.5. The first kappa shape index (κ1) is 23.0. The van der Waals surface area contributed by atoms with Crippen LogP contribution in [0.1, 0.15) is 100 Å². The molecule has 2 bridgehead atoms. The third-order valence-corrected chi connectivity index (χ3v) is 8.21. The van der Waals surface area contributed by atoms with E-state index in [1.54, 1.807) is 0 Å². The molecule has 2 unspecified atom stereocenters. The number of aryl methyl sites for hydroxylation is 1. The molecule has 3 atom stereocenters. The van der Waals surface area contributed by atoms with Gasteiger partial charge in [-0.25, -0.2) is 0 Å². The molecular weight excluding hydrogens is 410 g/mol. The summed E-state index contributed by atoms with van der Waals surface area (Å²) >= 11 is 0. The Kier molecular flexibility index (Phi) is 7.14. The van der Waals surface area contributed by atoms with E-state index in [9.17, 15) is 0 Å². The molecule has 5 rings (SSSR count). The summed E-state index contributed by atoms with van der Waals surface area (Å²) in [6, 6.07) is 13.2. The molecule has 0 radical (unpaired) electrons. The Balaban J connectivity index is 1.21. The Hall–Kier alpha value is -1.76. The second-order valence-electron chi connectivity index (χ2n) is 10.7. The maximum atomic E-state index is 6.03. The molecule has 6 heteroatoms. The molecule has 2 aromatic rings. The number of piperidine rings is 1. The first-order chi connectivity index (χ1) is 16.1. The molecule has 1 aromatic carbocycles. The quantitative estimate of drug-likeness (QED) is 0.508. The number of hydrogen-bond donors (Lipinski definition) is 1. The fraction of sp³-hybridized carbons (Fsp3) is 0.704. The molecule has 0 amide bonds. The monoisotopic (exact) mass is 451 g/mol. The second-order valence-corrected chi connectivity index (χ2v) is 10.7. The summed E-state index contributed by atoms with van der Waals surface area (Å²) in [6.07, 6.45) is 10.5. The van der Waals surface area contributed by atoms with Gasteiger partial charge in [-0.3, -0.25) is 10.2 Å². The minimum Gasteiger partial charge on any atom is -0.363 e. The van der Waals surface area contributed by atoms with Crippen molar-refractivity contribution in [2.24, 2.45) is 0 Å². The molecule has 180 valence electrons. The van der Waals surface area contributed by atoms with Crippen LogP contribution < -0.4 is 5.32 Å². The zero-order chi connectivity index (χ0) is 22.8. The largest absolute Gasteiger partial charge is 0.363 e. The highest BCUT2D eigenvalue weighted by Crippen LogP contribution is 2.42. The molecular formula is C27H41N5O. The van der Waals surface area contributed by atoms with Gasteiger partial charge in [-0.2, -0.15) is 0 Å². The van der Waals surface area contributed by atoms with Crippen LogP contribution >= 0.6 is 0 Å². The molecule has 3 fully saturated rings. The van der Waals surface area contributed by atoms with E-state index in [4.69, 9.17) is 4.74 Å². The third kappa shape index (κ3) is 5.03. The normalized spacial score (nSPS) is 26.6. The van der Waals surface area contributed by atoms with Crippen molar-refractivity contribution in [2.45, 2.75) is 108 Å². The Morgan fingerprint density at radius 1 is 1.00 bits per heavy atom. The van der Waals surface area contributed by atoms with Crippen molar-refractivity contribution in [3.63, 3.8) is 0 Å². The molecule has 3 aliphatic rings. The number of nitrogens with zero attached hydrogens (tertiary/aromatic N) is 4. The van der Waals surface area contributed by atoms with Crippen LogP contribution in [-0.4, -0.2) is 51.1 Å². The Bertz CT molecular complexity index is 879. The summed E-state index contributed by atoms with van der Waals surface area (Å²) in [7, 11) is 0. The number of fused-ring (bicyclic) bond motifs is 2. The van der Waals surface area contributed by atoms with Crippen molar-refractivity contribution in [1.29, 1.82) is 0 Å². The molecule has 6 nitrogen and oxygen atoms in total. The van der Waals surface area contributed by atoms with Gasteiger partial charge in [-0.1, -0.05) is 44.2 Å². The minimum absolute atomic E-state index is 0.344. The van der Waals surface area contributed by atoms with Gasteiger partial charge in [-0.15, -0.1) is 10.2 Å². The molecule has 0 spiro atoms. The highest BCUT2D eigenvalue weighted by Gasteiger charge is 2.42. The Labute approximate surface area is 199 Å². The van der Waals surface area contributed by atoms with Crippen molar-refractivity contribution in [1.82, 2.24) is 25.0 Å². The lowest BCUT2D eigenvalue weighted by atomic mass is 9.95. The number of nitrogens with one attached hydrogen (secondary N) is 1. The van der Waals surface area contributed by atoms with Crippen molar-refractivity contribution in [3.8, 4) is 0 Å². The zero-order valence-corrected chi connectivity index (χ0v) is 20.6. The van der Waals surface area contributed by atoms with Gasteiger partial charge in [0, 0.05) is 36.6 Å². The minimum atomic E-state index is 0.344. The summed E-state index contributed by atoms with van der Waals surface area (Å²) in [5.74, 6) is 2.66. The van der Waals surface area contributed by atoms with Gasteiger partial charge in [0.2, 0.25) is 0 Å².